The predicted molar refractivity (Wildman–Crippen MR) is 166 cm³/mol. The van der Waals surface area contributed by atoms with Crippen molar-refractivity contribution in [3.05, 3.63) is 34.4 Å². The largest absolute Gasteiger partial charge is 0.491 e. The second-order valence-electron chi connectivity index (χ2n) is 12.0. The summed E-state index contributed by atoms with van der Waals surface area (Å²) in [7, 11) is 1.09. The molecule has 0 bridgehead atoms. The maximum Gasteiger partial charge on any atom is 0.366 e. The zero-order chi connectivity index (χ0) is 39.2. The third kappa shape index (κ3) is 10.1. The topological polar surface area (TPSA) is 256 Å². The van der Waals surface area contributed by atoms with Crippen molar-refractivity contribution in [1.82, 2.24) is 0 Å². The Bertz CT molecular complexity index is 1550. The van der Waals surface area contributed by atoms with Crippen molar-refractivity contribution in [1.29, 1.82) is 0 Å². The normalized spacial score (nSPS) is 31.9. The number of carbonyl (C=O) groups is 6. The molecule has 3 heterocycles. The van der Waals surface area contributed by atoms with Crippen LogP contribution in [0, 0.1) is 10.1 Å². The number of carbonyl (C=O) groups excluding carboxylic acids is 6. The monoisotopic (exact) mass is 757 g/mol. The molecule has 3 aliphatic heterocycles. The summed E-state index contributed by atoms with van der Waals surface area (Å²) in [5.41, 5.74) is -0.215. The van der Waals surface area contributed by atoms with Gasteiger partial charge >= 0.3 is 35.8 Å². The smallest absolute Gasteiger partial charge is 0.366 e. The summed E-state index contributed by atoms with van der Waals surface area (Å²) in [5.74, 6) is -7.16. The number of hydrogen-bond acceptors (Lipinski definition) is 20. The highest BCUT2D eigenvalue weighted by Gasteiger charge is 2.62. The van der Waals surface area contributed by atoms with Crippen LogP contribution >= 0.6 is 0 Å². The Hall–Kier alpha value is -4.96. The van der Waals surface area contributed by atoms with Gasteiger partial charge in [-0.25, -0.2) is 4.79 Å². The molecule has 3 aliphatic rings. The Morgan fingerprint density at radius 2 is 1.26 bits per heavy atom. The van der Waals surface area contributed by atoms with E-state index in [1.807, 2.05) is 0 Å². The van der Waals surface area contributed by atoms with Crippen molar-refractivity contribution in [2.75, 3.05) is 20.3 Å². The quantitative estimate of drug-likeness (QED) is 0.114. The van der Waals surface area contributed by atoms with E-state index in [9.17, 15) is 38.9 Å². The van der Waals surface area contributed by atoms with E-state index in [0.29, 0.717) is 0 Å². The van der Waals surface area contributed by atoms with Crippen LogP contribution in [0.5, 0.6) is 5.75 Å². The van der Waals surface area contributed by atoms with Crippen molar-refractivity contribution in [3.63, 3.8) is 0 Å². The summed E-state index contributed by atoms with van der Waals surface area (Å²) < 4.78 is 68.2. The van der Waals surface area contributed by atoms with E-state index in [1.54, 1.807) is 0 Å². The second kappa shape index (κ2) is 17.2. The van der Waals surface area contributed by atoms with Crippen LogP contribution in [-0.4, -0.2) is 128 Å². The SMILES string of the molecule is COC(=O)[C@]1(C)O[C@H]2O[C@H](COc3ccc([N+](=O)[O-])cc3)[C@@H](O[C@@H]3O[C@H](COC(C)=O)[C@H](OC(C)=O)[C@H](OC(C)=O)[C@H]3OC(C)=O)[C@H](OC(C)=O)[C@H]2O1. The Labute approximate surface area is 301 Å². The maximum absolute atomic E-state index is 12.7. The van der Waals surface area contributed by atoms with Gasteiger partial charge in [-0.3, -0.25) is 34.1 Å². The van der Waals surface area contributed by atoms with E-state index in [2.05, 4.69) is 0 Å². The summed E-state index contributed by atoms with van der Waals surface area (Å²) in [6, 6.07) is 5.00. The molecule has 53 heavy (non-hydrogen) atoms. The van der Waals surface area contributed by atoms with Crippen LogP contribution in [0.1, 0.15) is 41.5 Å². The van der Waals surface area contributed by atoms with Crippen molar-refractivity contribution in [3.8, 4) is 5.75 Å². The van der Waals surface area contributed by atoms with Gasteiger partial charge in [0.2, 0.25) is 0 Å². The number of nitro benzene ring substituents is 1. The number of ether oxygens (including phenoxy) is 12. The molecule has 0 aliphatic carbocycles. The molecular weight excluding hydrogens is 718 g/mol. The molecule has 0 spiro atoms. The Balaban J connectivity index is 1.79. The number of methoxy groups -OCH3 is 1. The van der Waals surface area contributed by atoms with Gasteiger partial charge in [-0.05, 0) is 12.1 Å². The van der Waals surface area contributed by atoms with Crippen LogP contribution in [0.3, 0.4) is 0 Å². The minimum Gasteiger partial charge on any atom is -0.491 e. The van der Waals surface area contributed by atoms with Crippen LogP contribution in [0.4, 0.5) is 5.69 Å². The molecule has 292 valence electrons. The van der Waals surface area contributed by atoms with E-state index in [-0.39, 0.29) is 11.4 Å². The van der Waals surface area contributed by atoms with Crippen LogP contribution in [-0.2, 0) is 80.9 Å². The van der Waals surface area contributed by atoms with Gasteiger partial charge in [0.25, 0.3) is 11.5 Å². The van der Waals surface area contributed by atoms with Gasteiger partial charge in [-0.1, -0.05) is 0 Å². The number of rotatable bonds is 13. The van der Waals surface area contributed by atoms with Crippen molar-refractivity contribution in [2.24, 2.45) is 0 Å². The fourth-order valence-electron chi connectivity index (χ4n) is 5.81. The standard InChI is InChI=1S/C32H39NO20/c1-14(34)43-12-21-23(45-15(2)35)25(46-16(3)36)27(48-18(5)38)29(49-21)51-24-22(13-44-20-10-8-19(9-11-20)33(40)41)50-30-28(26(24)47-17(4)37)52-32(6,53-30)31(39)42-7/h8-11,21-30H,12-13H2,1-7H3/t21-,22-,23+,24-,25+,26+,27-,28-,29+,30-,32+/m1/s1. The first kappa shape index (κ1) is 40.8. The Morgan fingerprint density at radius 3 is 1.81 bits per heavy atom. The van der Waals surface area contributed by atoms with Gasteiger partial charge in [0.05, 0.1) is 12.0 Å². The molecule has 0 radical (unpaired) electrons. The molecule has 3 fully saturated rings. The summed E-state index contributed by atoms with van der Waals surface area (Å²) >= 11 is 0. The number of benzene rings is 1. The fourth-order valence-corrected chi connectivity index (χ4v) is 5.81. The van der Waals surface area contributed by atoms with E-state index >= 15 is 0 Å². The summed E-state index contributed by atoms with van der Waals surface area (Å²) in [6.07, 6.45) is -15.2. The third-order valence-corrected chi connectivity index (χ3v) is 7.85. The molecule has 0 N–H and O–H groups in total. The molecule has 3 saturated heterocycles. The van der Waals surface area contributed by atoms with E-state index < -0.39 is 121 Å². The Kier molecular flexibility index (Phi) is 13.3. The van der Waals surface area contributed by atoms with Crippen molar-refractivity contribution >= 4 is 41.5 Å². The minimum absolute atomic E-state index is 0.138. The molecule has 21 nitrogen and oxygen atoms in total. The van der Waals surface area contributed by atoms with Gasteiger partial charge in [-0.2, -0.15) is 0 Å². The summed E-state index contributed by atoms with van der Waals surface area (Å²) in [4.78, 5) is 84.5. The lowest BCUT2D eigenvalue weighted by atomic mass is 9.96. The molecule has 0 amide bonds. The van der Waals surface area contributed by atoms with Gasteiger partial charge in [-0.15, -0.1) is 0 Å². The van der Waals surface area contributed by atoms with Crippen LogP contribution < -0.4 is 4.74 Å². The number of nitrogens with zero attached hydrogens (tertiary/aromatic N) is 1. The lowest BCUT2D eigenvalue weighted by Gasteiger charge is -2.47. The lowest BCUT2D eigenvalue weighted by Crippen LogP contribution is -2.66. The molecule has 1 aromatic carbocycles. The summed E-state index contributed by atoms with van der Waals surface area (Å²) in [5, 5.41) is 11.2. The number of hydrogen-bond donors (Lipinski definition) is 0. The number of nitro groups is 1. The third-order valence-electron chi connectivity index (χ3n) is 7.85. The first-order chi connectivity index (χ1) is 24.9. The molecule has 0 saturated carbocycles. The lowest BCUT2D eigenvalue weighted by molar-refractivity contribution is -0.384. The fraction of sp³-hybridized carbons (Fsp3) is 0.625. The van der Waals surface area contributed by atoms with Crippen LogP contribution in [0.15, 0.2) is 24.3 Å². The van der Waals surface area contributed by atoms with Gasteiger partial charge in [0.15, 0.2) is 43.1 Å². The molecule has 4 rings (SSSR count). The van der Waals surface area contributed by atoms with Gasteiger partial charge in [0, 0.05) is 53.7 Å². The second-order valence-corrected chi connectivity index (χ2v) is 12.0. The van der Waals surface area contributed by atoms with E-state index in [1.165, 1.54) is 31.2 Å². The highest BCUT2D eigenvalue weighted by Crippen LogP contribution is 2.41. The number of non-ortho nitro benzene ring substituents is 1. The molecule has 11 atom stereocenters. The highest BCUT2D eigenvalue weighted by molar-refractivity contribution is 5.77. The minimum atomic E-state index is -2.06. The first-order valence-corrected chi connectivity index (χ1v) is 16.0. The number of esters is 6. The predicted octanol–water partition coefficient (Wildman–Crippen LogP) is 0.403. The average molecular weight is 758 g/mol. The molecular formula is C32H39NO20. The Morgan fingerprint density at radius 1 is 0.717 bits per heavy atom. The molecule has 0 unspecified atom stereocenters. The van der Waals surface area contributed by atoms with Crippen molar-refractivity contribution < 1.29 is 90.5 Å². The van der Waals surface area contributed by atoms with Crippen LogP contribution in [0.25, 0.3) is 0 Å². The van der Waals surface area contributed by atoms with Crippen molar-refractivity contribution in [2.45, 2.75) is 109 Å². The zero-order valence-corrected chi connectivity index (χ0v) is 29.6. The van der Waals surface area contributed by atoms with E-state index in [0.717, 1.165) is 41.7 Å². The highest BCUT2D eigenvalue weighted by atomic mass is 16.9. The van der Waals surface area contributed by atoms with Gasteiger partial charge < -0.3 is 56.8 Å². The van der Waals surface area contributed by atoms with E-state index in [4.69, 9.17) is 56.8 Å². The maximum atomic E-state index is 12.7. The molecule has 0 aromatic heterocycles. The molecule has 1 aromatic rings. The van der Waals surface area contributed by atoms with Crippen LogP contribution in [0.2, 0.25) is 0 Å². The molecule has 21 heteroatoms. The van der Waals surface area contributed by atoms with Gasteiger partial charge in [0.1, 0.15) is 37.3 Å². The number of fused-ring (bicyclic) bond motifs is 1. The zero-order valence-electron chi connectivity index (χ0n) is 29.6. The average Bonchev–Trinajstić information content (AvgIpc) is 3.42. The first-order valence-electron chi connectivity index (χ1n) is 16.0. The summed E-state index contributed by atoms with van der Waals surface area (Å²) in [6.45, 7) is 5.53.